The quantitative estimate of drug-likeness (QED) is 0.489. The maximum atomic E-state index is 13.5. The van der Waals surface area contributed by atoms with Gasteiger partial charge in [-0.05, 0) is 49.6 Å². The standard InChI is InChI=1S/C24H26FN3O3S/c1-2-3-12-28(24-26-21(16-32-24)17-6-8-20(25)9-7-17)23(30)18-5-4-11-27(14-18)22(29)19-10-13-31-15-19/h6-10,13,15-16,18H,2-5,11-12,14H2,1H3. The number of piperidine rings is 1. The summed E-state index contributed by atoms with van der Waals surface area (Å²) >= 11 is 1.41. The summed E-state index contributed by atoms with van der Waals surface area (Å²) < 4.78 is 18.3. The van der Waals surface area contributed by atoms with Crippen LogP contribution < -0.4 is 4.90 Å². The van der Waals surface area contributed by atoms with Gasteiger partial charge in [-0.1, -0.05) is 13.3 Å². The van der Waals surface area contributed by atoms with Gasteiger partial charge in [-0.3, -0.25) is 14.5 Å². The van der Waals surface area contributed by atoms with Crippen molar-refractivity contribution in [2.24, 2.45) is 5.92 Å². The van der Waals surface area contributed by atoms with E-state index in [0.29, 0.717) is 30.3 Å². The zero-order valence-electron chi connectivity index (χ0n) is 18.0. The molecule has 3 aromatic rings. The second-order valence-electron chi connectivity index (χ2n) is 7.97. The molecule has 0 radical (unpaired) electrons. The van der Waals surface area contributed by atoms with Gasteiger partial charge in [-0.15, -0.1) is 11.3 Å². The van der Waals surface area contributed by atoms with Crippen molar-refractivity contribution in [2.45, 2.75) is 32.6 Å². The molecule has 0 N–H and O–H groups in total. The van der Waals surface area contributed by atoms with E-state index in [4.69, 9.17) is 4.42 Å². The Morgan fingerprint density at radius 3 is 2.81 bits per heavy atom. The van der Waals surface area contributed by atoms with Crippen molar-refractivity contribution in [1.82, 2.24) is 9.88 Å². The van der Waals surface area contributed by atoms with E-state index in [9.17, 15) is 14.0 Å². The van der Waals surface area contributed by atoms with E-state index in [1.54, 1.807) is 28.0 Å². The summed E-state index contributed by atoms with van der Waals surface area (Å²) in [4.78, 5) is 34.4. The molecule has 0 bridgehead atoms. The fourth-order valence-electron chi connectivity index (χ4n) is 3.91. The number of rotatable bonds is 7. The number of carbonyl (C=O) groups is 2. The Morgan fingerprint density at radius 1 is 1.28 bits per heavy atom. The molecule has 1 saturated heterocycles. The molecule has 0 aliphatic carbocycles. The Hall–Kier alpha value is -3.00. The molecule has 1 aromatic carbocycles. The Morgan fingerprint density at radius 2 is 2.09 bits per heavy atom. The lowest BCUT2D eigenvalue weighted by atomic mass is 9.96. The first-order valence-corrected chi connectivity index (χ1v) is 11.8. The van der Waals surface area contributed by atoms with E-state index < -0.39 is 0 Å². The van der Waals surface area contributed by atoms with Crippen LogP contribution >= 0.6 is 11.3 Å². The average molecular weight is 456 g/mol. The highest BCUT2D eigenvalue weighted by Crippen LogP contribution is 2.30. The zero-order valence-corrected chi connectivity index (χ0v) is 18.8. The van der Waals surface area contributed by atoms with E-state index in [-0.39, 0.29) is 23.5 Å². The summed E-state index contributed by atoms with van der Waals surface area (Å²) in [6, 6.07) is 7.83. The molecule has 1 aliphatic heterocycles. The van der Waals surface area contributed by atoms with Gasteiger partial charge in [0.25, 0.3) is 5.91 Å². The van der Waals surface area contributed by atoms with Crippen LogP contribution in [-0.4, -0.2) is 41.3 Å². The van der Waals surface area contributed by atoms with Crippen molar-refractivity contribution in [2.75, 3.05) is 24.5 Å². The number of hydrogen-bond donors (Lipinski definition) is 0. The molecule has 3 heterocycles. The molecule has 6 nitrogen and oxygen atoms in total. The highest BCUT2D eigenvalue weighted by molar-refractivity contribution is 7.14. The molecular weight excluding hydrogens is 429 g/mol. The third-order valence-electron chi connectivity index (χ3n) is 5.69. The highest BCUT2D eigenvalue weighted by atomic mass is 32.1. The van der Waals surface area contributed by atoms with E-state index in [1.165, 1.54) is 36.0 Å². The summed E-state index contributed by atoms with van der Waals surface area (Å²) in [5, 5.41) is 2.53. The van der Waals surface area contributed by atoms with Crippen LogP contribution in [0.5, 0.6) is 0 Å². The molecule has 8 heteroatoms. The third-order valence-corrected chi connectivity index (χ3v) is 6.55. The topological polar surface area (TPSA) is 66.7 Å². The lowest BCUT2D eigenvalue weighted by Crippen LogP contribution is -2.47. The molecule has 1 aliphatic rings. The van der Waals surface area contributed by atoms with Crippen LogP contribution in [0.3, 0.4) is 0 Å². The van der Waals surface area contributed by atoms with Crippen molar-refractivity contribution < 1.29 is 18.4 Å². The van der Waals surface area contributed by atoms with E-state index in [0.717, 1.165) is 36.9 Å². The lowest BCUT2D eigenvalue weighted by Gasteiger charge is -2.34. The summed E-state index contributed by atoms with van der Waals surface area (Å²) in [5.41, 5.74) is 2.04. The molecule has 0 spiro atoms. The number of nitrogens with zero attached hydrogens (tertiary/aromatic N) is 3. The fourth-order valence-corrected chi connectivity index (χ4v) is 4.78. The Kier molecular flexibility index (Phi) is 6.99. The van der Waals surface area contributed by atoms with Crippen LogP contribution in [-0.2, 0) is 4.79 Å². The van der Waals surface area contributed by atoms with Gasteiger partial charge in [-0.25, -0.2) is 9.37 Å². The van der Waals surface area contributed by atoms with Gasteiger partial charge >= 0.3 is 0 Å². The number of carbonyl (C=O) groups excluding carboxylic acids is 2. The first-order chi connectivity index (χ1) is 15.6. The number of benzene rings is 1. The third kappa shape index (κ3) is 4.91. The molecular formula is C24H26FN3O3S. The molecule has 1 fully saturated rings. The minimum absolute atomic E-state index is 0.00292. The summed E-state index contributed by atoms with van der Waals surface area (Å²) in [5.74, 6) is -0.669. The number of aromatic nitrogens is 1. The maximum absolute atomic E-state index is 13.5. The van der Waals surface area contributed by atoms with Gasteiger partial charge < -0.3 is 9.32 Å². The normalized spacial score (nSPS) is 16.2. The number of halogens is 1. The Balaban J connectivity index is 1.52. The Bertz CT molecular complexity index is 1050. The largest absolute Gasteiger partial charge is 0.472 e. The van der Waals surface area contributed by atoms with E-state index >= 15 is 0 Å². The summed E-state index contributed by atoms with van der Waals surface area (Å²) in [6.07, 6.45) is 6.26. The van der Waals surface area contributed by atoms with Crippen LogP contribution in [0.15, 0.2) is 52.7 Å². The van der Waals surface area contributed by atoms with Crippen molar-refractivity contribution >= 4 is 28.3 Å². The predicted molar refractivity (Wildman–Crippen MR) is 122 cm³/mol. The number of likely N-dealkylation sites (tertiary alicyclic amines) is 1. The molecule has 4 rings (SSSR count). The molecule has 168 valence electrons. The summed E-state index contributed by atoms with van der Waals surface area (Å²) in [6.45, 7) is 3.69. The molecule has 32 heavy (non-hydrogen) atoms. The van der Waals surface area contributed by atoms with Crippen LogP contribution in [0.25, 0.3) is 11.3 Å². The lowest BCUT2D eigenvalue weighted by molar-refractivity contribution is -0.123. The van der Waals surface area contributed by atoms with Crippen molar-refractivity contribution in [3.8, 4) is 11.3 Å². The van der Waals surface area contributed by atoms with Crippen molar-refractivity contribution in [1.29, 1.82) is 0 Å². The molecule has 1 atom stereocenters. The number of furan rings is 1. The second kappa shape index (κ2) is 10.1. The number of thiazole rings is 1. The van der Waals surface area contributed by atoms with Crippen LogP contribution in [0.4, 0.5) is 9.52 Å². The van der Waals surface area contributed by atoms with E-state index in [2.05, 4.69) is 11.9 Å². The SMILES string of the molecule is CCCCN(C(=O)C1CCCN(C(=O)c2ccoc2)C1)c1nc(-c2ccc(F)cc2)cs1. The number of unbranched alkanes of at least 4 members (excludes halogenated alkanes) is 1. The van der Waals surface area contributed by atoms with Gasteiger partial charge in [0.15, 0.2) is 5.13 Å². The Labute approximate surface area is 190 Å². The van der Waals surface area contributed by atoms with Gasteiger partial charge in [0.2, 0.25) is 5.91 Å². The van der Waals surface area contributed by atoms with Crippen LogP contribution in [0.1, 0.15) is 43.0 Å². The minimum atomic E-state index is -0.296. The zero-order chi connectivity index (χ0) is 22.5. The smallest absolute Gasteiger partial charge is 0.257 e. The van der Waals surface area contributed by atoms with Gasteiger partial charge in [0, 0.05) is 30.6 Å². The number of anilines is 1. The fraction of sp³-hybridized carbons (Fsp3) is 0.375. The highest BCUT2D eigenvalue weighted by Gasteiger charge is 2.33. The van der Waals surface area contributed by atoms with Gasteiger partial charge in [-0.2, -0.15) is 0 Å². The molecule has 2 amide bonds. The van der Waals surface area contributed by atoms with Gasteiger partial charge in [0.1, 0.15) is 12.1 Å². The molecule has 2 aromatic heterocycles. The van der Waals surface area contributed by atoms with Crippen LogP contribution in [0.2, 0.25) is 0 Å². The molecule has 1 unspecified atom stereocenters. The maximum Gasteiger partial charge on any atom is 0.257 e. The second-order valence-corrected chi connectivity index (χ2v) is 8.80. The van der Waals surface area contributed by atoms with Gasteiger partial charge in [0.05, 0.1) is 23.4 Å². The predicted octanol–water partition coefficient (Wildman–Crippen LogP) is 5.23. The monoisotopic (exact) mass is 455 g/mol. The van der Waals surface area contributed by atoms with Crippen LogP contribution in [0, 0.1) is 11.7 Å². The minimum Gasteiger partial charge on any atom is -0.472 e. The summed E-state index contributed by atoms with van der Waals surface area (Å²) in [7, 11) is 0. The average Bonchev–Trinajstić information content (AvgIpc) is 3.52. The van der Waals surface area contributed by atoms with Crippen molar-refractivity contribution in [3.63, 3.8) is 0 Å². The number of hydrogen-bond acceptors (Lipinski definition) is 5. The van der Waals surface area contributed by atoms with E-state index in [1.807, 2.05) is 5.38 Å². The number of amides is 2. The molecule has 0 saturated carbocycles. The first-order valence-electron chi connectivity index (χ1n) is 10.9. The van der Waals surface area contributed by atoms with Crippen molar-refractivity contribution in [3.05, 3.63) is 59.6 Å². The first kappa shape index (κ1) is 22.2.